The maximum Gasteiger partial charge on any atom is 0.262 e. The topological polar surface area (TPSA) is 76.0 Å². The second kappa shape index (κ2) is 7.48. The maximum atomic E-state index is 13.0. The molecule has 0 spiro atoms. The van der Waals surface area contributed by atoms with Crippen molar-refractivity contribution < 1.29 is 4.79 Å². The average molecular weight is 375 g/mol. The minimum atomic E-state index is -0.0731. The molecule has 140 valence electrons. The van der Waals surface area contributed by atoms with Gasteiger partial charge in [0.25, 0.3) is 11.5 Å². The van der Waals surface area contributed by atoms with Crippen LogP contribution in [0.3, 0.4) is 0 Å². The summed E-state index contributed by atoms with van der Waals surface area (Å²) in [5, 5.41) is 7.01. The summed E-state index contributed by atoms with van der Waals surface area (Å²) >= 11 is 1.36. The molecule has 0 aliphatic carbocycles. The fourth-order valence-corrected chi connectivity index (χ4v) is 5.16. The monoisotopic (exact) mass is 374 g/mol. The van der Waals surface area contributed by atoms with Crippen LogP contribution < -0.4 is 16.2 Å². The summed E-state index contributed by atoms with van der Waals surface area (Å²) in [5.41, 5.74) is 0.804. The van der Waals surface area contributed by atoms with Crippen LogP contribution in [0, 0.1) is 12.8 Å². The molecule has 26 heavy (non-hydrogen) atoms. The van der Waals surface area contributed by atoms with Gasteiger partial charge in [-0.25, -0.2) is 4.98 Å². The van der Waals surface area contributed by atoms with Crippen molar-refractivity contribution in [2.45, 2.75) is 52.0 Å². The Kier molecular flexibility index (Phi) is 5.09. The van der Waals surface area contributed by atoms with Crippen LogP contribution >= 0.6 is 11.3 Å². The van der Waals surface area contributed by atoms with Crippen LogP contribution in [0.15, 0.2) is 4.79 Å². The van der Waals surface area contributed by atoms with Crippen LogP contribution in [0.1, 0.15) is 53.2 Å². The first-order valence-electron chi connectivity index (χ1n) is 9.67. The van der Waals surface area contributed by atoms with Crippen molar-refractivity contribution in [3.8, 4) is 0 Å². The number of nitrogens with zero attached hydrogens (tertiary/aromatic N) is 2. The van der Waals surface area contributed by atoms with Crippen molar-refractivity contribution >= 4 is 27.5 Å². The molecule has 2 aromatic rings. The molecule has 0 saturated carbocycles. The Balaban J connectivity index is 1.57. The van der Waals surface area contributed by atoms with Gasteiger partial charge < -0.3 is 10.6 Å². The fraction of sp³-hybridized carbons (Fsp3) is 0.632. The summed E-state index contributed by atoms with van der Waals surface area (Å²) in [6, 6.07) is 0. The molecule has 2 aromatic heterocycles. The molecule has 6 nitrogen and oxygen atoms in total. The van der Waals surface area contributed by atoms with E-state index in [2.05, 4.69) is 10.6 Å². The predicted molar refractivity (Wildman–Crippen MR) is 104 cm³/mol. The zero-order valence-corrected chi connectivity index (χ0v) is 16.1. The first-order valence-corrected chi connectivity index (χ1v) is 10.5. The van der Waals surface area contributed by atoms with E-state index in [4.69, 9.17) is 4.98 Å². The first-order chi connectivity index (χ1) is 12.6. The van der Waals surface area contributed by atoms with Crippen molar-refractivity contribution in [2.75, 3.05) is 19.6 Å². The molecule has 1 fully saturated rings. The molecule has 4 heterocycles. The summed E-state index contributed by atoms with van der Waals surface area (Å²) in [6.07, 6.45) is 6.26. The van der Waals surface area contributed by atoms with Crippen molar-refractivity contribution in [3.63, 3.8) is 0 Å². The molecule has 1 unspecified atom stereocenters. The highest BCUT2D eigenvalue weighted by Gasteiger charge is 2.22. The molecule has 0 bridgehead atoms. The SMILES string of the molecule is Cc1c(C(=O)NCCC2CCNC2)sc2nc3n(c(=O)c12)CCCCC3. The number of hydrogen-bond donors (Lipinski definition) is 2. The minimum absolute atomic E-state index is 0.0248. The van der Waals surface area contributed by atoms with Crippen molar-refractivity contribution in [2.24, 2.45) is 5.92 Å². The van der Waals surface area contributed by atoms with Gasteiger partial charge in [0.1, 0.15) is 10.7 Å². The molecule has 2 N–H and O–H groups in total. The Bertz CT molecular complexity index is 880. The molecule has 0 radical (unpaired) electrons. The zero-order valence-electron chi connectivity index (χ0n) is 15.3. The number of amides is 1. The van der Waals surface area contributed by atoms with E-state index >= 15 is 0 Å². The number of aromatic nitrogens is 2. The van der Waals surface area contributed by atoms with Crippen molar-refractivity contribution in [1.82, 2.24) is 20.2 Å². The molecule has 0 aromatic carbocycles. The Morgan fingerprint density at radius 2 is 2.27 bits per heavy atom. The van der Waals surface area contributed by atoms with E-state index in [0.717, 1.165) is 63.1 Å². The second-order valence-corrected chi connectivity index (χ2v) is 8.43. The van der Waals surface area contributed by atoms with Gasteiger partial charge in [-0.05, 0) is 57.2 Å². The van der Waals surface area contributed by atoms with Crippen LogP contribution in [0.25, 0.3) is 10.2 Å². The second-order valence-electron chi connectivity index (χ2n) is 7.44. The largest absolute Gasteiger partial charge is 0.351 e. The highest BCUT2D eigenvalue weighted by Crippen LogP contribution is 2.28. The third kappa shape index (κ3) is 3.30. The van der Waals surface area contributed by atoms with Crippen LogP contribution in [-0.4, -0.2) is 35.1 Å². The van der Waals surface area contributed by atoms with E-state index in [9.17, 15) is 9.59 Å². The Labute approximate surface area is 157 Å². The third-order valence-electron chi connectivity index (χ3n) is 5.62. The average Bonchev–Trinajstić information content (AvgIpc) is 3.17. The van der Waals surface area contributed by atoms with Crippen LogP contribution in [-0.2, 0) is 13.0 Å². The molecular formula is C19H26N4O2S. The lowest BCUT2D eigenvalue weighted by atomic mass is 10.1. The summed E-state index contributed by atoms with van der Waals surface area (Å²) in [6.45, 7) is 5.42. The molecular weight excluding hydrogens is 348 g/mol. The Morgan fingerprint density at radius 1 is 1.38 bits per heavy atom. The van der Waals surface area contributed by atoms with Gasteiger partial charge in [-0.1, -0.05) is 6.42 Å². The van der Waals surface area contributed by atoms with E-state index in [1.54, 1.807) is 0 Å². The fourth-order valence-electron chi connectivity index (χ4n) is 4.06. The first kappa shape index (κ1) is 17.7. The normalized spacial score (nSPS) is 20.1. The van der Waals surface area contributed by atoms with Gasteiger partial charge in [-0.2, -0.15) is 0 Å². The number of carbonyl (C=O) groups excluding carboxylic acids is 1. The van der Waals surface area contributed by atoms with Gasteiger partial charge in [0.2, 0.25) is 0 Å². The molecule has 1 amide bonds. The van der Waals surface area contributed by atoms with Gasteiger partial charge in [0, 0.05) is 19.5 Å². The number of fused-ring (bicyclic) bond motifs is 2. The number of rotatable bonds is 4. The zero-order chi connectivity index (χ0) is 18.1. The lowest BCUT2D eigenvalue weighted by molar-refractivity contribution is 0.0955. The van der Waals surface area contributed by atoms with E-state index < -0.39 is 0 Å². The van der Waals surface area contributed by atoms with Crippen LogP contribution in [0.4, 0.5) is 0 Å². The molecule has 2 aliphatic heterocycles. The van der Waals surface area contributed by atoms with E-state index in [1.165, 1.54) is 17.8 Å². The number of carbonyl (C=O) groups is 1. The summed E-state index contributed by atoms with van der Waals surface area (Å²) in [7, 11) is 0. The number of nitrogens with one attached hydrogen (secondary N) is 2. The highest BCUT2D eigenvalue weighted by atomic mass is 32.1. The van der Waals surface area contributed by atoms with Gasteiger partial charge >= 0.3 is 0 Å². The molecule has 2 aliphatic rings. The maximum absolute atomic E-state index is 13.0. The van der Waals surface area contributed by atoms with E-state index in [1.807, 2.05) is 11.5 Å². The third-order valence-corrected chi connectivity index (χ3v) is 6.80. The summed E-state index contributed by atoms with van der Waals surface area (Å²) < 4.78 is 1.82. The van der Waals surface area contributed by atoms with E-state index in [-0.39, 0.29) is 11.5 Å². The standard InChI is InChI=1S/C19H26N4O2S/c1-12-15-18(22-14-5-3-2-4-10-23(14)19(15)25)26-16(12)17(24)21-9-7-13-6-8-20-11-13/h13,20H,2-11H2,1H3,(H,21,24). The molecule has 1 atom stereocenters. The number of hydrogen-bond acceptors (Lipinski definition) is 5. The van der Waals surface area contributed by atoms with E-state index in [0.29, 0.717) is 27.6 Å². The van der Waals surface area contributed by atoms with Crippen LogP contribution in [0.2, 0.25) is 0 Å². The van der Waals surface area contributed by atoms with Gasteiger partial charge in [-0.3, -0.25) is 14.2 Å². The van der Waals surface area contributed by atoms with Crippen molar-refractivity contribution in [3.05, 3.63) is 26.6 Å². The summed E-state index contributed by atoms with van der Waals surface area (Å²) in [4.78, 5) is 31.7. The van der Waals surface area contributed by atoms with Gasteiger partial charge in [0.05, 0.1) is 10.3 Å². The molecule has 1 saturated heterocycles. The Morgan fingerprint density at radius 3 is 3.08 bits per heavy atom. The highest BCUT2D eigenvalue weighted by molar-refractivity contribution is 7.20. The smallest absolute Gasteiger partial charge is 0.262 e. The van der Waals surface area contributed by atoms with Crippen LogP contribution in [0.5, 0.6) is 0 Å². The lowest BCUT2D eigenvalue weighted by Gasteiger charge is -2.09. The quantitative estimate of drug-likeness (QED) is 0.860. The van der Waals surface area contributed by atoms with Gasteiger partial charge in [0.15, 0.2) is 0 Å². The number of aryl methyl sites for hydroxylation is 2. The number of thiophene rings is 1. The Hall–Kier alpha value is -1.73. The lowest BCUT2D eigenvalue weighted by Crippen LogP contribution is -2.26. The molecule has 4 rings (SSSR count). The predicted octanol–water partition coefficient (Wildman–Crippen LogP) is 2.22. The van der Waals surface area contributed by atoms with Gasteiger partial charge in [-0.15, -0.1) is 11.3 Å². The van der Waals surface area contributed by atoms with Crippen molar-refractivity contribution in [1.29, 1.82) is 0 Å². The molecule has 7 heteroatoms. The minimum Gasteiger partial charge on any atom is -0.351 e. The summed E-state index contributed by atoms with van der Waals surface area (Å²) in [5.74, 6) is 1.46.